The van der Waals surface area contributed by atoms with Gasteiger partial charge in [-0.25, -0.2) is 4.98 Å². The summed E-state index contributed by atoms with van der Waals surface area (Å²) < 4.78 is 4.82. The summed E-state index contributed by atoms with van der Waals surface area (Å²) >= 11 is 0. The summed E-state index contributed by atoms with van der Waals surface area (Å²) in [5.41, 5.74) is 15.3. The predicted octanol–water partition coefficient (Wildman–Crippen LogP) is 10.5. The molecule has 1 spiro atoms. The molecule has 0 atom stereocenters. The highest BCUT2D eigenvalue weighted by molar-refractivity contribution is 6.10. The number of nitrogens with zero attached hydrogens (tertiary/aromatic N) is 3. The molecule has 0 saturated carbocycles. The molecule has 0 N–H and O–H groups in total. The Labute approximate surface area is 271 Å². The van der Waals surface area contributed by atoms with Gasteiger partial charge in [0.15, 0.2) is 0 Å². The standard InChI is InChI=1S/C44H27N3/c1-2-12-30(13-3-1)46-39-20-10-6-16-33(39)34-24-22-28(26-41(34)46)29-23-25-37-42(27-29)47-40-21-11-9-19-38(40)45-43(47)44(37)35-17-7-4-14-31(35)32-15-5-8-18-36(32)44/h1-27H. The average Bonchev–Trinajstić information content (AvgIpc) is 3.85. The fourth-order valence-electron chi connectivity index (χ4n) is 8.63. The van der Waals surface area contributed by atoms with E-state index in [4.69, 9.17) is 4.98 Å². The topological polar surface area (TPSA) is 22.8 Å². The highest BCUT2D eigenvalue weighted by Gasteiger charge is 2.54. The van der Waals surface area contributed by atoms with E-state index in [1.54, 1.807) is 0 Å². The molecule has 0 bridgehead atoms. The fourth-order valence-corrected chi connectivity index (χ4v) is 8.63. The zero-order chi connectivity index (χ0) is 30.7. The highest BCUT2D eigenvalue weighted by atomic mass is 15.1. The van der Waals surface area contributed by atoms with E-state index >= 15 is 0 Å². The van der Waals surface area contributed by atoms with Crippen molar-refractivity contribution in [3.8, 4) is 33.6 Å². The van der Waals surface area contributed by atoms with E-state index in [1.165, 1.54) is 72.1 Å². The Morgan fingerprint density at radius 1 is 0.426 bits per heavy atom. The third-order valence-electron chi connectivity index (χ3n) is 10.5. The molecule has 2 aliphatic rings. The minimum atomic E-state index is -0.482. The smallest absolute Gasteiger partial charge is 0.134 e. The first-order valence-electron chi connectivity index (χ1n) is 16.2. The molecule has 1 aliphatic heterocycles. The van der Waals surface area contributed by atoms with Crippen LogP contribution >= 0.6 is 0 Å². The summed E-state index contributed by atoms with van der Waals surface area (Å²) in [5.74, 6) is 1.07. The van der Waals surface area contributed by atoms with E-state index in [2.05, 4.69) is 173 Å². The minimum absolute atomic E-state index is 0.482. The maximum Gasteiger partial charge on any atom is 0.134 e. The monoisotopic (exact) mass is 597 g/mol. The largest absolute Gasteiger partial charge is 0.309 e. The van der Waals surface area contributed by atoms with E-state index in [1.807, 2.05) is 0 Å². The molecule has 47 heavy (non-hydrogen) atoms. The molecule has 3 heterocycles. The Morgan fingerprint density at radius 3 is 1.85 bits per heavy atom. The molecule has 7 aromatic carbocycles. The normalized spacial score (nSPS) is 13.7. The fraction of sp³-hybridized carbons (Fsp3) is 0.0227. The van der Waals surface area contributed by atoms with Crippen LogP contribution in [0.1, 0.15) is 22.5 Å². The van der Waals surface area contributed by atoms with Crippen LogP contribution in [0.4, 0.5) is 0 Å². The number of hydrogen-bond acceptors (Lipinski definition) is 1. The summed E-state index contributed by atoms with van der Waals surface area (Å²) in [4.78, 5) is 5.41. The van der Waals surface area contributed by atoms with E-state index in [0.717, 1.165) is 16.9 Å². The third kappa shape index (κ3) is 3.09. The van der Waals surface area contributed by atoms with Gasteiger partial charge in [0.25, 0.3) is 0 Å². The van der Waals surface area contributed by atoms with E-state index in [9.17, 15) is 0 Å². The van der Waals surface area contributed by atoms with Crippen molar-refractivity contribution in [3.63, 3.8) is 0 Å². The number of para-hydroxylation sites is 4. The first-order chi connectivity index (χ1) is 23.3. The summed E-state index contributed by atoms with van der Waals surface area (Å²) in [6, 6.07) is 59.8. The van der Waals surface area contributed by atoms with E-state index in [0.29, 0.717) is 0 Å². The van der Waals surface area contributed by atoms with Crippen molar-refractivity contribution >= 4 is 32.8 Å². The lowest BCUT2D eigenvalue weighted by molar-refractivity contribution is 0.738. The molecule has 3 heteroatoms. The molecular formula is C44H27N3. The van der Waals surface area contributed by atoms with Crippen LogP contribution in [-0.2, 0) is 5.41 Å². The second-order valence-corrected chi connectivity index (χ2v) is 12.8. The van der Waals surface area contributed by atoms with Crippen molar-refractivity contribution in [2.75, 3.05) is 0 Å². The van der Waals surface area contributed by atoms with Crippen molar-refractivity contribution in [3.05, 3.63) is 186 Å². The van der Waals surface area contributed by atoms with Gasteiger partial charge >= 0.3 is 0 Å². The Balaban J connectivity index is 1.20. The summed E-state index contributed by atoms with van der Waals surface area (Å²) in [7, 11) is 0. The SMILES string of the molecule is c1ccc(-n2c3ccccc3c3ccc(-c4ccc5c(c4)-n4c(nc6ccccc64)C54c5ccccc5-c5ccccc54)cc32)cc1. The molecule has 9 aromatic rings. The number of rotatable bonds is 2. The second kappa shape index (κ2) is 8.96. The van der Waals surface area contributed by atoms with Gasteiger partial charge in [-0.3, -0.25) is 4.57 Å². The lowest BCUT2D eigenvalue weighted by Gasteiger charge is -2.27. The summed E-state index contributed by atoms with van der Waals surface area (Å²) in [6.07, 6.45) is 0. The Morgan fingerprint density at radius 2 is 1.04 bits per heavy atom. The van der Waals surface area contributed by atoms with Crippen molar-refractivity contribution in [1.29, 1.82) is 0 Å². The first kappa shape index (κ1) is 25.1. The molecule has 0 fully saturated rings. The molecule has 3 nitrogen and oxygen atoms in total. The molecule has 218 valence electrons. The van der Waals surface area contributed by atoms with Gasteiger partial charge in [0.2, 0.25) is 0 Å². The molecule has 0 saturated heterocycles. The van der Waals surface area contributed by atoms with Crippen LogP contribution in [0.3, 0.4) is 0 Å². The van der Waals surface area contributed by atoms with Crippen LogP contribution in [0.25, 0.3) is 66.5 Å². The number of hydrogen-bond donors (Lipinski definition) is 0. The summed E-state index contributed by atoms with van der Waals surface area (Å²) in [5, 5.41) is 2.53. The van der Waals surface area contributed by atoms with Gasteiger partial charge in [-0.15, -0.1) is 0 Å². The quantitative estimate of drug-likeness (QED) is 0.194. The zero-order valence-corrected chi connectivity index (χ0v) is 25.4. The molecule has 2 aromatic heterocycles. The van der Waals surface area contributed by atoms with Gasteiger partial charge in [0, 0.05) is 16.5 Å². The molecule has 1 aliphatic carbocycles. The number of imidazole rings is 1. The van der Waals surface area contributed by atoms with E-state index in [-0.39, 0.29) is 0 Å². The van der Waals surface area contributed by atoms with Gasteiger partial charge in [0.1, 0.15) is 11.2 Å². The van der Waals surface area contributed by atoms with Crippen LogP contribution in [-0.4, -0.2) is 14.1 Å². The van der Waals surface area contributed by atoms with E-state index < -0.39 is 5.41 Å². The van der Waals surface area contributed by atoms with Crippen LogP contribution in [0.15, 0.2) is 164 Å². The molecule has 0 amide bonds. The van der Waals surface area contributed by atoms with Crippen molar-refractivity contribution in [2.24, 2.45) is 0 Å². The lowest BCUT2D eigenvalue weighted by atomic mass is 9.73. The van der Waals surface area contributed by atoms with Crippen LogP contribution in [0, 0.1) is 0 Å². The van der Waals surface area contributed by atoms with Gasteiger partial charge in [0.05, 0.1) is 27.8 Å². The van der Waals surface area contributed by atoms with Gasteiger partial charge in [-0.1, -0.05) is 121 Å². The average molecular weight is 598 g/mol. The van der Waals surface area contributed by atoms with Crippen LogP contribution in [0.2, 0.25) is 0 Å². The molecule has 0 radical (unpaired) electrons. The predicted molar refractivity (Wildman–Crippen MR) is 192 cm³/mol. The van der Waals surface area contributed by atoms with Crippen molar-refractivity contribution < 1.29 is 0 Å². The highest BCUT2D eigenvalue weighted by Crippen LogP contribution is 2.60. The van der Waals surface area contributed by atoms with Gasteiger partial charge in [-0.05, 0) is 81.4 Å². The molecular weight excluding hydrogens is 571 g/mol. The number of aromatic nitrogens is 3. The van der Waals surface area contributed by atoms with Crippen LogP contribution < -0.4 is 0 Å². The minimum Gasteiger partial charge on any atom is -0.309 e. The van der Waals surface area contributed by atoms with Crippen LogP contribution in [0.5, 0.6) is 0 Å². The zero-order valence-electron chi connectivity index (χ0n) is 25.4. The second-order valence-electron chi connectivity index (χ2n) is 12.8. The number of fused-ring (bicyclic) bond motifs is 15. The Bertz CT molecular complexity index is 2700. The van der Waals surface area contributed by atoms with Gasteiger partial charge in [-0.2, -0.15) is 0 Å². The molecule has 11 rings (SSSR count). The first-order valence-corrected chi connectivity index (χ1v) is 16.2. The summed E-state index contributed by atoms with van der Waals surface area (Å²) in [6.45, 7) is 0. The van der Waals surface area contributed by atoms with Gasteiger partial charge < -0.3 is 4.57 Å². The maximum atomic E-state index is 5.41. The number of benzene rings is 7. The Kier molecular flexibility index (Phi) is 4.78. The third-order valence-corrected chi connectivity index (χ3v) is 10.5. The molecule has 0 unspecified atom stereocenters. The lowest BCUT2D eigenvalue weighted by Crippen LogP contribution is -2.27. The van der Waals surface area contributed by atoms with Crippen molar-refractivity contribution in [2.45, 2.75) is 5.41 Å². The maximum absolute atomic E-state index is 5.41. The van der Waals surface area contributed by atoms with Crippen molar-refractivity contribution in [1.82, 2.24) is 14.1 Å². The Hall–Kier alpha value is -6.19.